The third-order valence-corrected chi connectivity index (χ3v) is 5.98. The lowest BCUT2D eigenvalue weighted by atomic mass is 10.2. The number of fused-ring (bicyclic) bond motifs is 1. The molecule has 3 rings (SSSR count). The molecule has 3 aromatic rings. The number of carboxylic acids is 1. The van der Waals surface area contributed by atoms with Gasteiger partial charge in [0.05, 0.1) is 30.1 Å². The van der Waals surface area contributed by atoms with E-state index in [1.807, 2.05) is 24.3 Å². The van der Waals surface area contributed by atoms with E-state index in [-0.39, 0.29) is 29.4 Å². The number of sulfonamides is 1. The van der Waals surface area contributed by atoms with E-state index < -0.39 is 28.5 Å². The second-order valence-corrected chi connectivity index (χ2v) is 8.79. The average molecular weight is 474 g/mol. The van der Waals surface area contributed by atoms with Gasteiger partial charge in [-0.1, -0.05) is 12.1 Å². The molecule has 33 heavy (non-hydrogen) atoms. The second-order valence-electron chi connectivity index (χ2n) is 7.10. The van der Waals surface area contributed by atoms with Crippen molar-refractivity contribution in [2.75, 3.05) is 11.9 Å². The Labute approximate surface area is 189 Å². The van der Waals surface area contributed by atoms with Gasteiger partial charge in [0.2, 0.25) is 15.9 Å². The number of carboxylic acid groups (broad SMARTS) is 1. The van der Waals surface area contributed by atoms with E-state index in [0.717, 1.165) is 11.0 Å². The number of para-hydroxylation sites is 2. The molecule has 1 amide bonds. The summed E-state index contributed by atoms with van der Waals surface area (Å²) in [6.45, 7) is 1.35. The Kier molecular flexibility index (Phi) is 7.41. The van der Waals surface area contributed by atoms with Crippen LogP contribution in [0, 0.1) is 0 Å². The molecule has 174 valence electrons. The van der Waals surface area contributed by atoms with E-state index in [1.54, 1.807) is 0 Å². The number of aliphatic carboxylic acids is 1. The van der Waals surface area contributed by atoms with Gasteiger partial charge in [-0.15, -0.1) is 0 Å². The number of nitrogens with one attached hydrogen (secondary N) is 3. The topological polar surface area (TPSA) is 168 Å². The zero-order valence-electron chi connectivity index (χ0n) is 17.6. The summed E-state index contributed by atoms with van der Waals surface area (Å²) < 4.78 is 33.4. The maximum absolute atomic E-state index is 12.8. The highest BCUT2D eigenvalue weighted by Gasteiger charge is 2.25. The Balaban J connectivity index is 1.82. The van der Waals surface area contributed by atoms with Crippen molar-refractivity contribution in [3.05, 3.63) is 48.3 Å². The van der Waals surface area contributed by atoms with Gasteiger partial charge >= 0.3 is 5.97 Å². The quantitative estimate of drug-likeness (QED) is 0.303. The molecule has 0 spiro atoms. The number of hydrogen-bond acceptors (Lipinski definition) is 7. The smallest absolute Gasteiger partial charge is 0.305 e. The van der Waals surface area contributed by atoms with Crippen LogP contribution < -0.4 is 14.8 Å². The van der Waals surface area contributed by atoms with E-state index >= 15 is 0 Å². The Morgan fingerprint density at radius 3 is 2.67 bits per heavy atom. The van der Waals surface area contributed by atoms with E-state index in [0.29, 0.717) is 17.9 Å². The maximum Gasteiger partial charge on any atom is 0.305 e. The number of imidazole rings is 1. The van der Waals surface area contributed by atoms with Crippen molar-refractivity contribution in [2.45, 2.75) is 30.7 Å². The molecule has 0 aliphatic rings. The van der Waals surface area contributed by atoms with Crippen LogP contribution in [-0.2, 0) is 30.8 Å². The summed E-state index contributed by atoms with van der Waals surface area (Å²) in [7, 11) is -4.31. The molecule has 1 atom stereocenters. The standard InChI is InChI=1S/C21H22N4O7S/c1-13(27)22-14-6-7-19(33(30,31)25-15(12-26)11-21(28)29)18(10-14)32-9-8-20-23-16-4-2-3-5-17(16)24-20/h2-7,10,12,15,25H,8-9,11H2,1H3,(H,22,27)(H,23,24)(H,28,29). The lowest BCUT2D eigenvalue weighted by Gasteiger charge is -2.16. The Morgan fingerprint density at radius 1 is 1.24 bits per heavy atom. The number of aromatic amines is 1. The third kappa shape index (κ3) is 6.37. The minimum Gasteiger partial charge on any atom is -0.492 e. The number of benzene rings is 2. The van der Waals surface area contributed by atoms with Crippen LogP contribution in [0.5, 0.6) is 5.75 Å². The highest BCUT2D eigenvalue weighted by Crippen LogP contribution is 2.28. The minimum absolute atomic E-state index is 0.0537. The van der Waals surface area contributed by atoms with Crippen molar-refractivity contribution in [1.29, 1.82) is 0 Å². The molecule has 0 saturated carbocycles. The number of nitrogens with zero attached hydrogens (tertiary/aromatic N) is 1. The molecule has 4 N–H and O–H groups in total. The predicted molar refractivity (Wildman–Crippen MR) is 118 cm³/mol. The third-order valence-electron chi connectivity index (χ3n) is 4.45. The summed E-state index contributed by atoms with van der Waals surface area (Å²) in [4.78, 5) is 40.7. The second kappa shape index (κ2) is 10.2. The number of rotatable bonds is 11. The molecular formula is C21H22N4O7S. The first-order valence-electron chi connectivity index (χ1n) is 9.85. The van der Waals surface area contributed by atoms with Gasteiger partial charge < -0.3 is 24.9 Å². The van der Waals surface area contributed by atoms with Crippen molar-refractivity contribution < 1.29 is 32.6 Å². The fraction of sp³-hybridized carbons (Fsp3) is 0.238. The molecule has 0 aliphatic carbocycles. The lowest BCUT2D eigenvalue weighted by molar-refractivity contribution is -0.138. The van der Waals surface area contributed by atoms with Crippen molar-refractivity contribution in [3.63, 3.8) is 0 Å². The van der Waals surface area contributed by atoms with Crippen LogP contribution >= 0.6 is 0 Å². The largest absolute Gasteiger partial charge is 0.492 e. The van der Waals surface area contributed by atoms with E-state index in [4.69, 9.17) is 9.84 Å². The molecule has 11 nitrogen and oxygen atoms in total. The predicted octanol–water partition coefficient (Wildman–Crippen LogP) is 1.46. The summed E-state index contributed by atoms with van der Waals surface area (Å²) in [5, 5.41) is 11.4. The molecular weight excluding hydrogens is 452 g/mol. The monoisotopic (exact) mass is 474 g/mol. The first kappa shape index (κ1) is 23.9. The molecule has 1 aromatic heterocycles. The molecule has 1 heterocycles. The first-order valence-corrected chi connectivity index (χ1v) is 11.3. The Morgan fingerprint density at radius 2 is 2.00 bits per heavy atom. The number of H-pyrrole nitrogens is 1. The Bertz CT molecular complexity index is 1250. The molecule has 2 aromatic carbocycles. The zero-order chi connectivity index (χ0) is 24.0. The zero-order valence-corrected chi connectivity index (χ0v) is 18.4. The van der Waals surface area contributed by atoms with Crippen LogP contribution in [-0.4, -0.2) is 54.3 Å². The van der Waals surface area contributed by atoms with Gasteiger partial charge in [-0.3, -0.25) is 9.59 Å². The first-order chi connectivity index (χ1) is 15.7. The molecule has 1 unspecified atom stereocenters. The van der Waals surface area contributed by atoms with E-state index in [9.17, 15) is 22.8 Å². The highest BCUT2D eigenvalue weighted by atomic mass is 32.2. The highest BCUT2D eigenvalue weighted by molar-refractivity contribution is 7.89. The van der Waals surface area contributed by atoms with Gasteiger partial charge in [-0.2, -0.15) is 0 Å². The number of aldehydes is 1. The van der Waals surface area contributed by atoms with Crippen molar-refractivity contribution >= 4 is 44.9 Å². The minimum atomic E-state index is -4.31. The fourth-order valence-corrected chi connectivity index (χ4v) is 4.37. The summed E-state index contributed by atoms with van der Waals surface area (Å²) in [5.74, 6) is -1.14. The van der Waals surface area contributed by atoms with E-state index in [1.165, 1.54) is 25.1 Å². The molecule has 12 heteroatoms. The molecule has 0 bridgehead atoms. The number of aromatic nitrogens is 2. The molecule has 0 aliphatic heterocycles. The van der Waals surface area contributed by atoms with Gasteiger partial charge in [0, 0.05) is 25.1 Å². The van der Waals surface area contributed by atoms with Crippen LogP contribution in [0.2, 0.25) is 0 Å². The van der Waals surface area contributed by atoms with E-state index in [2.05, 4.69) is 20.0 Å². The Hall–Kier alpha value is -3.77. The number of hydrogen-bond donors (Lipinski definition) is 4. The average Bonchev–Trinajstić information content (AvgIpc) is 3.15. The van der Waals surface area contributed by atoms with Crippen LogP contribution in [0.4, 0.5) is 5.69 Å². The van der Waals surface area contributed by atoms with Crippen molar-refractivity contribution in [3.8, 4) is 5.75 Å². The number of ether oxygens (including phenoxy) is 1. The van der Waals surface area contributed by atoms with Gasteiger partial charge in [0.1, 0.15) is 22.8 Å². The van der Waals surface area contributed by atoms with Crippen LogP contribution in [0.15, 0.2) is 47.4 Å². The van der Waals surface area contributed by atoms with Gasteiger partial charge in [0.15, 0.2) is 0 Å². The maximum atomic E-state index is 12.8. The lowest BCUT2D eigenvalue weighted by Crippen LogP contribution is -2.37. The normalized spacial score (nSPS) is 12.3. The van der Waals surface area contributed by atoms with Crippen LogP contribution in [0.1, 0.15) is 19.2 Å². The molecule has 0 saturated heterocycles. The summed E-state index contributed by atoms with van der Waals surface area (Å²) in [6, 6.07) is 9.90. The van der Waals surface area contributed by atoms with Crippen molar-refractivity contribution in [2.24, 2.45) is 0 Å². The molecule has 0 radical (unpaired) electrons. The summed E-state index contributed by atoms with van der Waals surface area (Å²) in [5.41, 5.74) is 1.94. The summed E-state index contributed by atoms with van der Waals surface area (Å²) in [6.07, 6.45) is -0.170. The van der Waals surface area contributed by atoms with Gasteiger partial charge in [-0.05, 0) is 24.3 Å². The fourth-order valence-electron chi connectivity index (χ4n) is 3.07. The van der Waals surface area contributed by atoms with Gasteiger partial charge in [0.25, 0.3) is 0 Å². The summed E-state index contributed by atoms with van der Waals surface area (Å²) >= 11 is 0. The molecule has 0 fully saturated rings. The SMILES string of the molecule is CC(=O)Nc1ccc(S(=O)(=O)NC(C=O)CC(=O)O)c(OCCc2nc3ccccc3[nH]2)c1. The number of carbonyl (C=O) groups is 3. The number of amides is 1. The van der Waals surface area contributed by atoms with Gasteiger partial charge in [-0.25, -0.2) is 18.1 Å². The number of carbonyl (C=O) groups excluding carboxylic acids is 2. The van der Waals surface area contributed by atoms with Crippen LogP contribution in [0.25, 0.3) is 11.0 Å². The number of anilines is 1. The van der Waals surface area contributed by atoms with Crippen molar-refractivity contribution in [1.82, 2.24) is 14.7 Å². The van der Waals surface area contributed by atoms with Crippen LogP contribution in [0.3, 0.4) is 0 Å².